The van der Waals surface area contributed by atoms with Gasteiger partial charge in [0.15, 0.2) is 0 Å². The van der Waals surface area contributed by atoms with Crippen molar-refractivity contribution in [1.29, 1.82) is 5.26 Å². The van der Waals surface area contributed by atoms with Crippen molar-refractivity contribution in [3.8, 4) is 11.9 Å². The van der Waals surface area contributed by atoms with Gasteiger partial charge >= 0.3 is 0 Å². The minimum absolute atomic E-state index is 0.0548. The van der Waals surface area contributed by atoms with Crippen molar-refractivity contribution in [2.24, 2.45) is 0 Å². The lowest BCUT2D eigenvalue weighted by Gasteiger charge is -2.31. The number of hydrogen-bond donors (Lipinski definition) is 1. The second-order valence-electron chi connectivity index (χ2n) is 9.03. The third kappa shape index (κ3) is 5.77. The van der Waals surface area contributed by atoms with Gasteiger partial charge in [0, 0.05) is 35.9 Å². The fourth-order valence-electron chi connectivity index (χ4n) is 4.53. The molecule has 37 heavy (non-hydrogen) atoms. The number of likely N-dealkylation sites (tertiary alicyclic amines) is 1. The number of benzene rings is 2. The number of nitriles is 1. The summed E-state index contributed by atoms with van der Waals surface area (Å²) in [7, 11) is 1.63. The molecule has 1 amide bonds. The topological polar surface area (TPSA) is 91.1 Å². The minimum Gasteiger partial charge on any atom is -0.473 e. The third-order valence-electron chi connectivity index (χ3n) is 6.59. The van der Waals surface area contributed by atoms with Crippen LogP contribution in [0.25, 0.3) is 10.2 Å². The molecule has 1 aliphatic rings. The summed E-state index contributed by atoms with van der Waals surface area (Å²) >= 11 is 1.63. The highest BCUT2D eigenvalue weighted by Crippen LogP contribution is 2.30. The number of nitrogens with one attached hydrogen (secondary N) is 1. The van der Waals surface area contributed by atoms with Crippen LogP contribution < -0.4 is 10.1 Å². The van der Waals surface area contributed by atoms with Gasteiger partial charge in [0.25, 0.3) is 5.91 Å². The quantitative estimate of drug-likeness (QED) is 0.372. The monoisotopic (exact) mass is 515 g/mol. The number of carbonyl (C=O) groups is 1. The molecule has 7 nitrogen and oxygen atoms in total. The van der Waals surface area contributed by atoms with E-state index in [0.29, 0.717) is 22.9 Å². The number of piperidine rings is 1. The number of thiazole rings is 1. The number of rotatable bonds is 7. The van der Waals surface area contributed by atoms with E-state index in [0.717, 1.165) is 53.4 Å². The standard InChI is InChI=1S/C28H26FN5O2S/c1-31-28(35)20-7-8-24-25(14-20)37-27(33-24)16-34-11-9-19(10-12-34)23-3-2-4-26(32-23)36-17-21-6-5-18(15-30)13-22(21)29/h2-8,13-14,19H,9-12,16-17H2,1H3,(H,31,35). The molecule has 0 atom stereocenters. The number of carbonyl (C=O) groups excluding carboxylic acids is 1. The van der Waals surface area contributed by atoms with Gasteiger partial charge in [0.1, 0.15) is 17.4 Å². The predicted molar refractivity (Wildman–Crippen MR) is 140 cm³/mol. The van der Waals surface area contributed by atoms with Crippen LogP contribution in [0.4, 0.5) is 4.39 Å². The van der Waals surface area contributed by atoms with Gasteiger partial charge in [0.05, 0.1) is 28.4 Å². The molecule has 3 heterocycles. The van der Waals surface area contributed by atoms with Crippen LogP contribution in [0.3, 0.4) is 0 Å². The number of aromatic nitrogens is 2. The molecule has 0 saturated carbocycles. The van der Waals surface area contributed by atoms with Crippen LogP contribution in [0.15, 0.2) is 54.6 Å². The van der Waals surface area contributed by atoms with Gasteiger partial charge in [-0.3, -0.25) is 9.69 Å². The van der Waals surface area contributed by atoms with E-state index in [-0.39, 0.29) is 18.1 Å². The number of amides is 1. The molecule has 0 unspecified atom stereocenters. The Morgan fingerprint density at radius 1 is 1.19 bits per heavy atom. The fraction of sp³-hybridized carbons (Fsp3) is 0.286. The Kier molecular flexibility index (Phi) is 7.40. The van der Waals surface area contributed by atoms with E-state index in [1.165, 1.54) is 6.07 Å². The molecule has 4 aromatic rings. The van der Waals surface area contributed by atoms with Gasteiger partial charge in [-0.15, -0.1) is 11.3 Å². The first-order valence-electron chi connectivity index (χ1n) is 12.1. The zero-order valence-corrected chi connectivity index (χ0v) is 21.2. The average Bonchev–Trinajstić information content (AvgIpc) is 3.34. The van der Waals surface area contributed by atoms with Crippen LogP contribution in [-0.2, 0) is 13.2 Å². The smallest absolute Gasteiger partial charge is 0.251 e. The maximum atomic E-state index is 14.2. The number of nitrogens with zero attached hydrogens (tertiary/aromatic N) is 4. The maximum Gasteiger partial charge on any atom is 0.251 e. The molecular weight excluding hydrogens is 489 g/mol. The number of halogens is 1. The van der Waals surface area contributed by atoms with Gasteiger partial charge in [-0.25, -0.2) is 14.4 Å². The molecular formula is C28H26FN5O2S. The van der Waals surface area contributed by atoms with Gasteiger partial charge in [0.2, 0.25) is 5.88 Å². The molecule has 9 heteroatoms. The highest BCUT2D eigenvalue weighted by molar-refractivity contribution is 7.18. The van der Waals surface area contributed by atoms with Crippen LogP contribution in [0.1, 0.15) is 50.9 Å². The first kappa shape index (κ1) is 24.8. The molecule has 2 aromatic carbocycles. The summed E-state index contributed by atoms with van der Waals surface area (Å²) in [6.07, 6.45) is 1.96. The van der Waals surface area contributed by atoms with E-state index in [9.17, 15) is 9.18 Å². The summed E-state index contributed by atoms with van der Waals surface area (Å²) in [5.74, 6) is 0.247. The lowest BCUT2D eigenvalue weighted by Crippen LogP contribution is -2.32. The lowest BCUT2D eigenvalue weighted by atomic mass is 9.93. The molecule has 188 valence electrons. The second-order valence-corrected chi connectivity index (χ2v) is 10.1. The number of pyridine rings is 1. The molecule has 1 fully saturated rings. The van der Waals surface area contributed by atoms with Crippen molar-refractivity contribution in [1.82, 2.24) is 20.2 Å². The van der Waals surface area contributed by atoms with Crippen molar-refractivity contribution in [2.75, 3.05) is 20.1 Å². The first-order valence-corrected chi connectivity index (χ1v) is 13.0. The molecule has 0 bridgehead atoms. The summed E-state index contributed by atoms with van der Waals surface area (Å²) in [4.78, 5) is 23.8. The molecule has 2 aromatic heterocycles. The van der Waals surface area contributed by atoms with Crippen molar-refractivity contribution in [3.63, 3.8) is 0 Å². The largest absolute Gasteiger partial charge is 0.473 e. The van der Waals surface area contributed by atoms with Crippen LogP contribution in [0.5, 0.6) is 5.88 Å². The van der Waals surface area contributed by atoms with Crippen LogP contribution >= 0.6 is 11.3 Å². The van der Waals surface area contributed by atoms with Gasteiger partial charge in [-0.1, -0.05) is 12.1 Å². The fourth-order valence-corrected chi connectivity index (χ4v) is 5.58. The molecule has 1 N–H and O–H groups in total. The lowest BCUT2D eigenvalue weighted by molar-refractivity contribution is 0.0963. The van der Waals surface area contributed by atoms with Crippen molar-refractivity contribution in [2.45, 2.75) is 31.9 Å². The van der Waals surface area contributed by atoms with Gasteiger partial charge in [-0.2, -0.15) is 5.26 Å². The summed E-state index contributed by atoms with van der Waals surface area (Å²) in [5, 5.41) is 12.6. The number of hydrogen-bond acceptors (Lipinski definition) is 7. The number of ether oxygens (including phenoxy) is 1. The molecule has 1 aliphatic heterocycles. The maximum absolute atomic E-state index is 14.2. The minimum atomic E-state index is -0.456. The normalized spacial score (nSPS) is 14.4. The Hall–Kier alpha value is -3.87. The van der Waals surface area contributed by atoms with E-state index >= 15 is 0 Å². The Morgan fingerprint density at radius 3 is 2.78 bits per heavy atom. The van der Waals surface area contributed by atoms with Gasteiger partial charge < -0.3 is 10.1 Å². The third-order valence-corrected chi connectivity index (χ3v) is 7.59. The zero-order chi connectivity index (χ0) is 25.8. The molecule has 0 aliphatic carbocycles. The Labute approximate surface area is 218 Å². The first-order chi connectivity index (χ1) is 18.0. The Balaban J connectivity index is 1.17. The van der Waals surface area contributed by atoms with E-state index in [1.807, 2.05) is 36.4 Å². The summed E-state index contributed by atoms with van der Waals surface area (Å²) in [5.41, 5.74) is 3.22. The van der Waals surface area contributed by atoms with E-state index in [4.69, 9.17) is 15.0 Å². The van der Waals surface area contributed by atoms with Crippen molar-refractivity contribution >= 4 is 27.5 Å². The molecule has 1 saturated heterocycles. The summed E-state index contributed by atoms with van der Waals surface area (Å²) in [6, 6.07) is 17.6. The van der Waals surface area contributed by atoms with E-state index in [1.54, 1.807) is 36.6 Å². The van der Waals surface area contributed by atoms with Crippen molar-refractivity contribution in [3.05, 3.63) is 87.8 Å². The summed E-state index contributed by atoms with van der Waals surface area (Å²) in [6.45, 7) is 2.72. The zero-order valence-electron chi connectivity index (χ0n) is 20.4. The summed E-state index contributed by atoms with van der Waals surface area (Å²) < 4.78 is 20.9. The van der Waals surface area contributed by atoms with Gasteiger partial charge in [-0.05, 0) is 62.3 Å². The average molecular weight is 516 g/mol. The number of fused-ring (bicyclic) bond motifs is 1. The highest BCUT2D eigenvalue weighted by Gasteiger charge is 2.23. The molecule has 0 spiro atoms. The van der Waals surface area contributed by atoms with Crippen molar-refractivity contribution < 1.29 is 13.9 Å². The van der Waals surface area contributed by atoms with E-state index in [2.05, 4.69) is 15.2 Å². The Morgan fingerprint density at radius 2 is 2.03 bits per heavy atom. The van der Waals surface area contributed by atoms with Crippen LogP contribution in [0.2, 0.25) is 0 Å². The molecule has 0 radical (unpaired) electrons. The predicted octanol–water partition coefficient (Wildman–Crippen LogP) is 5.02. The van der Waals surface area contributed by atoms with E-state index < -0.39 is 5.82 Å². The second kappa shape index (κ2) is 11.0. The highest BCUT2D eigenvalue weighted by atomic mass is 32.1. The van der Waals surface area contributed by atoms with Crippen LogP contribution in [0, 0.1) is 17.1 Å². The van der Waals surface area contributed by atoms with Crippen LogP contribution in [-0.4, -0.2) is 40.9 Å². The Bertz CT molecular complexity index is 1470. The molecule has 5 rings (SSSR count). The SMILES string of the molecule is CNC(=O)c1ccc2nc(CN3CCC(c4cccc(OCc5ccc(C#N)cc5F)n4)CC3)sc2c1.